The molecule has 0 radical (unpaired) electrons. The maximum absolute atomic E-state index is 13.8. The van der Waals surface area contributed by atoms with Gasteiger partial charge in [0.15, 0.2) is 11.6 Å². The Morgan fingerprint density at radius 3 is 2.23 bits per heavy atom. The molecule has 132 valence electrons. The van der Waals surface area contributed by atoms with Crippen molar-refractivity contribution in [3.05, 3.63) is 76.4 Å². The lowest BCUT2D eigenvalue weighted by Crippen LogP contribution is -2.06. The monoisotopic (exact) mass is 361 g/mol. The molecule has 0 unspecified atom stereocenters. The summed E-state index contributed by atoms with van der Waals surface area (Å²) < 4.78 is 40.1. The topological polar surface area (TPSA) is 93.0 Å². The van der Waals surface area contributed by atoms with Gasteiger partial charge in [-0.05, 0) is 24.3 Å². The fourth-order valence-corrected chi connectivity index (χ4v) is 2.14. The van der Waals surface area contributed by atoms with Crippen molar-refractivity contribution in [2.75, 3.05) is 10.6 Å². The number of halogens is 3. The van der Waals surface area contributed by atoms with Crippen LogP contribution in [0.3, 0.4) is 0 Å². The first-order valence-electron chi connectivity index (χ1n) is 7.18. The molecule has 2 aromatic carbocycles. The van der Waals surface area contributed by atoms with E-state index < -0.39 is 28.1 Å². The predicted molar refractivity (Wildman–Crippen MR) is 88.0 cm³/mol. The number of hydrogen-bond acceptors (Lipinski definition) is 6. The average Bonchev–Trinajstić information content (AvgIpc) is 2.60. The molecule has 0 aliphatic rings. The standard InChI is InChI=1S/C16H10F3N5O2/c17-10-6-5-9(7-12(10)19)22-15-14(24(25)26)16(21-8-20-15)23-13-4-2-1-3-11(13)18/h1-8H,(H2,20,21,22,23). The fraction of sp³-hybridized carbons (Fsp3) is 0. The van der Waals surface area contributed by atoms with Crippen molar-refractivity contribution in [2.24, 2.45) is 0 Å². The summed E-state index contributed by atoms with van der Waals surface area (Å²) in [5, 5.41) is 16.5. The van der Waals surface area contributed by atoms with Crippen molar-refractivity contribution >= 4 is 28.7 Å². The van der Waals surface area contributed by atoms with Gasteiger partial charge >= 0.3 is 5.69 Å². The van der Waals surface area contributed by atoms with Crippen molar-refractivity contribution in [3.63, 3.8) is 0 Å². The van der Waals surface area contributed by atoms with E-state index in [0.717, 1.165) is 18.5 Å². The van der Waals surface area contributed by atoms with Crippen LogP contribution in [0.2, 0.25) is 0 Å². The van der Waals surface area contributed by atoms with Gasteiger partial charge in [0, 0.05) is 11.8 Å². The van der Waals surface area contributed by atoms with Gasteiger partial charge in [0.2, 0.25) is 11.6 Å². The van der Waals surface area contributed by atoms with E-state index in [1.165, 1.54) is 24.3 Å². The van der Waals surface area contributed by atoms with Crippen LogP contribution in [0.4, 0.5) is 41.9 Å². The van der Waals surface area contributed by atoms with Crippen LogP contribution in [-0.4, -0.2) is 14.9 Å². The minimum absolute atomic E-state index is 0.0203. The van der Waals surface area contributed by atoms with Crippen molar-refractivity contribution in [1.29, 1.82) is 0 Å². The third kappa shape index (κ3) is 3.53. The molecule has 0 atom stereocenters. The largest absolute Gasteiger partial charge is 0.353 e. The number of nitrogens with zero attached hydrogens (tertiary/aromatic N) is 3. The highest BCUT2D eigenvalue weighted by Crippen LogP contribution is 2.33. The van der Waals surface area contributed by atoms with Gasteiger partial charge < -0.3 is 10.6 Å². The highest BCUT2D eigenvalue weighted by molar-refractivity contribution is 5.76. The molecule has 0 bridgehead atoms. The molecule has 2 N–H and O–H groups in total. The van der Waals surface area contributed by atoms with E-state index in [1.54, 1.807) is 6.07 Å². The van der Waals surface area contributed by atoms with Gasteiger partial charge in [-0.25, -0.2) is 23.1 Å². The van der Waals surface area contributed by atoms with Crippen LogP contribution in [0, 0.1) is 27.6 Å². The molecule has 26 heavy (non-hydrogen) atoms. The Labute approximate surface area is 144 Å². The SMILES string of the molecule is O=[N+]([O-])c1c(Nc2ccc(F)c(F)c2)ncnc1Nc1ccccc1F. The van der Waals surface area contributed by atoms with Crippen LogP contribution in [0.1, 0.15) is 0 Å². The lowest BCUT2D eigenvalue weighted by atomic mass is 10.3. The Kier molecular flexibility index (Phi) is 4.65. The van der Waals surface area contributed by atoms with E-state index in [9.17, 15) is 23.3 Å². The minimum atomic E-state index is -1.13. The first-order chi connectivity index (χ1) is 12.5. The number of nitrogens with one attached hydrogen (secondary N) is 2. The molecule has 0 amide bonds. The molecule has 0 fully saturated rings. The summed E-state index contributed by atoms with van der Waals surface area (Å²) in [5.41, 5.74) is -0.559. The predicted octanol–water partition coefficient (Wildman–Crippen LogP) is 4.29. The van der Waals surface area contributed by atoms with Gasteiger partial charge in [-0.3, -0.25) is 10.1 Å². The zero-order valence-electron chi connectivity index (χ0n) is 12.9. The third-order valence-corrected chi connectivity index (χ3v) is 3.31. The second-order valence-electron chi connectivity index (χ2n) is 5.04. The Morgan fingerprint density at radius 2 is 1.58 bits per heavy atom. The first-order valence-corrected chi connectivity index (χ1v) is 7.18. The zero-order chi connectivity index (χ0) is 18.7. The summed E-state index contributed by atoms with van der Waals surface area (Å²) in [4.78, 5) is 18.2. The van der Waals surface area contributed by atoms with Crippen molar-refractivity contribution in [2.45, 2.75) is 0 Å². The maximum Gasteiger partial charge on any atom is 0.353 e. The van der Waals surface area contributed by atoms with Gasteiger partial charge in [0.05, 0.1) is 10.6 Å². The van der Waals surface area contributed by atoms with Gasteiger partial charge in [-0.1, -0.05) is 12.1 Å². The molecule has 7 nitrogen and oxygen atoms in total. The fourth-order valence-electron chi connectivity index (χ4n) is 2.14. The minimum Gasteiger partial charge on any atom is -0.334 e. The van der Waals surface area contributed by atoms with E-state index in [-0.39, 0.29) is 23.0 Å². The normalized spacial score (nSPS) is 10.4. The highest BCUT2D eigenvalue weighted by Gasteiger charge is 2.24. The summed E-state index contributed by atoms with van der Waals surface area (Å²) in [6, 6.07) is 8.44. The van der Waals surface area contributed by atoms with Crippen molar-refractivity contribution in [3.8, 4) is 0 Å². The summed E-state index contributed by atoms with van der Waals surface area (Å²) >= 11 is 0. The van der Waals surface area contributed by atoms with Crippen LogP contribution >= 0.6 is 0 Å². The molecule has 0 aliphatic heterocycles. The molecule has 3 rings (SSSR count). The van der Waals surface area contributed by atoms with Crippen LogP contribution in [0.5, 0.6) is 0 Å². The number of nitro groups is 1. The van der Waals surface area contributed by atoms with Gasteiger partial charge in [-0.2, -0.15) is 0 Å². The second-order valence-corrected chi connectivity index (χ2v) is 5.04. The highest BCUT2D eigenvalue weighted by atomic mass is 19.2. The number of hydrogen-bond donors (Lipinski definition) is 2. The molecule has 0 saturated heterocycles. The first kappa shape index (κ1) is 17.1. The maximum atomic E-state index is 13.8. The van der Waals surface area contributed by atoms with Crippen LogP contribution in [0.25, 0.3) is 0 Å². The average molecular weight is 361 g/mol. The van der Waals surface area contributed by atoms with Gasteiger partial charge in [-0.15, -0.1) is 0 Å². The molecule has 10 heteroatoms. The molecule has 0 saturated carbocycles. The number of anilines is 4. The Bertz CT molecular complexity index is 984. The number of aromatic nitrogens is 2. The Balaban J connectivity index is 1.99. The van der Waals surface area contributed by atoms with E-state index in [2.05, 4.69) is 20.6 Å². The smallest absolute Gasteiger partial charge is 0.334 e. The summed E-state index contributed by atoms with van der Waals surface area (Å²) in [7, 11) is 0. The van der Waals surface area contributed by atoms with Crippen LogP contribution < -0.4 is 10.6 Å². The number of benzene rings is 2. The van der Waals surface area contributed by atoms with Crippen LogP contribution in [0.15, 0.2) is 48.8 Å². The summed E-state index contributed by atoms with van der Waals surface area (Å²) in [6.07, 6.45) is 1.01. The quantitative estimate of drug-likeness (QED) is 0.520. The molecule has 1 heterocycles. The third-order valence-electron chi connectivity index (χ3n) is 3.31. The van der Waals surface area contributed by atoms with Gasteiger partial charge in [0.1, 0.15) is 12.1 Å². The Hall–Kier alpha value is -3.69. The van der Waals surface area contributed by atoms with E-state index in [1.807, 2.05) is 0 Å². The number of para-hydroxylation sites is 1. The molecule has 3 aromatic rings. The second kappa shape index (κ2) is 7.05. The van der Waals surface area contributed by atoms with E-state index in [0.29, 0.717) is 0 Å². The molecule has 0 spiro atoms. The summed E-state index contributed by atoms with van der Waals surface area (Å²) in [6.45, 7) is 0. The molecule has 0 aliphatic carbocycles. The zero-order valence-corrected chi connectivity index (χ0v) is 12.9. The molecular weight excluding hydrogens is 351 g/mol. The number of rotatable bonds is 5. The lowest BCUT2D eigenvalue weighted by Gasteiger charge is -2.10. The van der Waals surface area contributed by atoms with Crippen LogP contribution in [-0.2, 0) is 0 Å². The molecule has 1 aromatic heterocycles. The van der Waals surface area contributed by atoms with Crippen molar-refractivity contribution < 1.29 is 18.1 Å². The van der Waals surface area contributed by atoms with E-state index >= 15 is 0 Å². The Morgan fingerprint density at radius 1 is 0.885 bits per heavy atom. The van der Waals surface area contributed by atoms with E-state index in [4.69, 9.17) is 0 Å². The lowest BCUT2D eigenvalue weighted by molar-refractivity contribution is -0.383. The van der Waals surface area contributed by atoms with Gasteiger partial charge in [0.25, 0.3) is 0 Å². The van der Waals surface area contributed by atoms with Crippen molar-refractivity contribution in [1.82, 2.24) is 9.97 Å². The summed E-state index contributed by atoms with van der Waals surface area (Å²) in [5.74, 6) is -3.35. The molecular formula is C16H10F3N5O2.